The highest BCUT2D eigenvalue weighted by atomic mass is 32.2. The monoisotopic (exact) mass is 258 g/mol. The van der Waals surface area contributed by atoms with Crippen LogP contribution < -0.4 is 0 Å². The van der Waals surface area contributed by atoms with E-state index in [9.17, 15) is 0 Å². The van der Waals surface area contributed by atoms with Gasteiger partial charge in [0.15, 0.2) is 5.17 Å². The van der Waals surface area contributed by atoms with Crippen LogP contribution in [0.5, 0.6) is 0 Å². The Labute approximate surface area is 113 Å². The zero-order valence-electron chi connectivity index (χ0n) is 10.9. The Kier molecular flexibility index (Phi) is 3.16. The van der Waals surface area contributed by atoms with Gasteiger partial charge in [-0.3, -0.25) is 4.99 Å². The van der Waals surface area contributed by atoms with E-state index in [0.717, 1.165) is 18.8 Å². The first kappa shape index (κ1) is 11.8. The van der Waals surface area contributed by atoms with Crippen molar-refractivity contribution in [2.45, 2.75) is 26.9 Å². The second kappa shape index (κ2) is 4.81. The van der Waals surface area contributed by atoms with Gasteiger partial charge in [0.05, 0.1) is 13.1 Å². The summed E-state index contributed by atoms with van der Waals surface area (Å²) in [7, 11) is 0. The lowest BCUT2D eigenvalue weighted by Crippen LogP contribution is -2.32. The van der Waals surface area contributed by atoms with Crippen molar-refractivity contribution in [1.82, 2.24) is 4.90 Å². The Morgan fingerprint density at radius 1 is 1.22 bits per heavy atom. The molecule has 1 aromatic rings. The van der Waals surface area contributed by atoms with Gasteiger partial charge in [0.1, 0.15) is 0 Å². The molecule has 0 fully saturated rings. The zero-order valence-corrected chi connectivity index (χ0v) is 11.7. The number of hydrogen-bond acceptors (Lipinski definition) is 3. The average molecular weight is 258 g/mol. The summed E-state index contributed by atoms with van der Waals surface area (Å²) in [6.07, 6.45) is 2.35. The van der Waals surface area contributed by atoms with Gasteiger partial charge in [0.25, 0.3) is 0 Å². The zero-order chi connectivity index (χ0) is 12.5. The summed E-state index contributed by atoms with van der Waals surface area (Å²) in [4.78, 5) is 7.18. The number of allylic oxidation sites excluding steroid dienone is 1. The maximum Gasteiger partial charge on any atom is 0.164 e. The van der Waals surface area contributed by atoms with E-state index in [4.69, 9.17) is 4.99 Å². The molecule has 94 valence electrons. The van der Waals surface area contributed by atoms with Crippen molar-refractivity contribution in [1.29, 1.82) is 0 Å². The van der Waals surface area contributed by atoms with Gasteiger partial charge >= 0.3 is 0 Å². The molecule has 2 heterocycles. The number of nitrogens with zero attached hydrogens (tertiary/aromatic N) is 2. The van der Waals surface area contributed by atoms with Gasteiger partial charge in [0.2, 0.25) is 0 Å². The first-order chi connectivity index (χ1) is 8.75. The first-order valence-corrected chi connectivity index (χ1v) is 7.46. The minimum atomic E-state index is 0.557. The van der Waals surface area contributed by atoms with E-state index in [1.165, 1.54) is 22.0 Å². The molecule has 2 aliphatic heterocycles. The van der Waals surface area contributed by atoms with E-state index in [2.05, 4.69) is 49.1 Å². The predicted molar refractivity (Wildman–Crippen MR) is 78.5 cm³/mol. The highest BCUT2D eigenvalue weighted by molar-refractivity contribution is 8.14. The molecule has 0 N–H and O–H groups in total. The molecule has 0 saturated heterocycles. The molecule has 0 saturated carbocycles. The molecule has 0 amide bonds. The van der Waals surface area contributed by atoms with E-state index in [0.29, 0.717) is 5.92 Å². The van der Waals surface area contributed by atoms with Crippen molar-refractivity contribution >= 4 is 16.9 Å². The summed E-state index contributed by atoms with van der Waals surface area (Å²) in [6.45, 7) is 6.30. The third-order valence-corrected chi connectivity index (χ3v) is 4.41. The van der Waals surface area contributed by atoms with Crippen LogP contribution in [0.25, 0.3) is 0 Å². The van der Waals surface area contributed by atoms with E-state index in [1.807, 2.05) is 11.8 Å². The van der Waals surface area contributed by atoms with E-state index in [1.54, 1.807) is 0 Å². The molecule has 3 heteroatoms. The minimum absolute atomic E-state index is 0.557. The Balaban J connectivity index is 2.00. The first-order valence-electron chi connectivity index (χ1n) is 6.47. The molecule has 0 spiro atoms. The number of rotatable bonds is 1. The quantitative estimate of drug-likeness (QED) is 0.764. The Bertz CT molecular complexity index is 517. The van der Waals surface area contributed by atoms with Crippen molar-refractivity contribution in [3.8, 4) is 0 Å². The fourth-order valence-corrected chi connectivity index (χ4v) is 3.41. The van der Waals surface area contributed by atoms with Crippen LogP contribution in [-0.2, 0) is 13.1 Å². The molecule has 0 atom stereocenters. The summed E-state index contributed by atoms with van der Waals surface area (Å²) >= 11 is 1.85. The summed E-state index contributed by atoms with van der Waals surface area (Å²) in [6, 6.07) is 8.65. The summed E-state index contributed by atoms with van der Waals surface area (Å²) in [5.74, 6) is 1.61. The second-order valence-electron chi connectivity index (χ2n) is 5.05. The van der Waals surface area contributed by atoms with E-state index < -0.39 is 0 Å². The number of hydrogen-bond donors (Lipinski definition) is 0. The predicted octanol–water partition coefficient (Wildman–Crippen LogP) is 3.64. The van der Waals surface area contributed by atoms with Gasteiger partial charge in [0, 0.05) is 11.4 Å². The van der Waals surface area contributed by atoms with Gasteiger partial charge < -0.3 is 4.90 Å². The number of benzene rings is 1. The Morgan fingerprint density at radius 3 is 2.78 bits per heavy atom. The van der Waals surface area contributed by atoms with E-state index >= 15 is 0 Å². The van der Waals surface area contributed by atoms with Crippen molar-refractivity contribution in [2.24, 2.45) is 10.9 Å². The van der Waals surface area contributed by atoms with Crippen LogP contribution in [0.4, 0.5) is 0 Å². The summed E-state index contributed by atoms with van der Waals surface area (Å²) in [5, 5.41) is 1.19. The van der Waals surface area contributed by atoms with Gasteiger partial charge in [-0.05, 0) is 17.0 Å². The van der Waals surface area contributed by atoms with Crippen molar-refractivity contribution in [3.63, 3.8) is 0 Å². The highest BCUT2D eigenvalue weighted by Crippen LogP contribution is 2.31. The normalized spacial score (nSPS) is 18.7. The van der Waals surface area contributed by atoms with Crippen molar-refractivity contribution in [2.75, 3.05) is 5.75 Å². The van der Waals surface area contributed by atoms with Crippen molar-refractivity contribution < 1.29 is 0 Å². The third kappa shape index (κ3) is 2.07. The van der Waals surface area contributed by atoms with E-state index in [-0.39, 0.29) is 0 Å². The van der Waals surface area contributed by atoms with Crippen LogP contribution >= 0.6 is 11.8 Å². The second-order valence-corrected chi connectivity index (χ2v) is 6.04. The Morgan fingerprint density at radius 2 is 2.00 bits per heavy atom. The lowest BCUT2D eigenvalue weighted by atomic mass is 10.1. The van der Waals surface area contributed by atoms with Gasteiger partial charge in [-0.15, -0.1) is 0 Å². The van der Waals surface area contributed by atoms with Crippen LogP contribution in [-0.4, -0.2) is 15.8 Å². The van der Waals surface area contributed by atoms with Crippen LogP contribution in [0.1, 0.15) is 25.0 Å². The molecule has 0 unspecified atom stereocenters. The summed E-state index contributed by atoms with van der Waals surface area (Å²) in [5.41, 5.74) is 4.19. The topological polar surface area (TPSA) is 15.6 Å². The number of aliphatic imine (C=N–C) groups is 1. The molecule has 0 aliphatic carbocycles. The fraction of sp³-hybridized carbons (Fsp3) is 0.400. The average Bonchev–Trinajstić information content (AvgIpc) is 2.57. The van der Waals surface area contributed by atoms with Gasteiger partial charge in [-0.2, -0.15) is 0 Å². The maximum absolute atomic E-state index is 4.78. The molecule has 18 heavy (non-hydrogen) atoms. The number of amidine groups is 1. The number of fused-ring (bicyclic) bond motifs is 2. The van der Waals surface area contributed by atoms with Crippen LogP contribution in [0.3, 0.4) is 0 Å². The molecule has 2 aliphatic rings. The SMILES string of the molecule is CC(C)C1=CCSC2=NCc3ccccc3CN12. The fourth-order valence-electron chi connectivity index (χ4n) is 2.53. The van der Waals surface area contributed by atoms with Gasteiger partial charge in [-0.25, -0.2) is 0 Å². The molecular formula is C15H18N2S. The Hall–Kier alpha value is -1.22. The summed E-state index contributed by atoms with van der Waals surface area (Å²) < 4.78 is 0. The smallest absolute Gasteiger partial charge is 0.164 e. The molecule has 0 radical (unpaired) electrons. The van der Waals surface area contributed by atoms with Crippen LogP contribution in [0.2, 0.25) is 0 Å². The van der Waals surface area contributed by atoms with Gasteiger partial charge in [-0.1, -0.05) is 56.0 Å². The highest BCUT2D eigenvalue weighted by Gasteiger charge is 2.25. The molecule has 2 nitrogen and oxygen atoms in total. The molecule has 3 rings (SSSR count). The largest absolute Gasteiger partial charge is 0.321 e. The maximum atomic E-state index is 4.78. The minimum Gasteiger partial charge on any atom is -0.321 e. The third-order valence-electron chi connectivity index (χ3n) is 3.47. The molecule has 1 aromatic carbocycles. The lowest BCUT2D eigenvalue weighted by Gasteiger charge is -2.32. The molecule has 0 bridgehead atoms. The van der Waals surface area contributed by atoms with Crippen LogP contribution in [0.15, 0.2) is 41.0 Å². The molecule has 0 aromatic heterocycles. The van der Waals surface area contributed by atoms with Crippen molar-refractivity contribution in [3.05, 3.63) is 47.2 Å². The molecular weight excluding hydrogens is 240 g/mol. The standard InChI is InChI=1S/C15H18N2S/c1-11(2)14-7-8-18-15-16-9-12-5-3-4-6-13(12)10-17(14)15/h3-7,11H,8-10H2,1-2H3. The van der Waals surface area contributed by atoms with Crippen LogP contribution in [0, 0.1) is 5.92 Å². The number of thioether (sulfide) groups is 1. The lowest BCUT2D eigenvalue weighted by molar-refractivity contribution is 0.453.